The van der Waals surface area contributed by atoms with E-state index in [0.717, 1.165) is 13.2 Å². The Bertz CT molecular complexity index is 677. The van der Waals surface area contributed by atoms with Crippen LogP contribution in [0.15, 0.2) is 30.0 Å². The van der Waals surface area contributed by atoms with Gasteiger partial charge in [0, 0.05) is 11.6 Å². The molecule has 2 atom stereocenters. The van der Waals surface area contributed by atoms with Gasteiger partial charge in [0.05, 0.1) is 24.5 Å². The van der Waals surface area contributed by atoms with Crippen molar-refractivity contribution in [1.29, 1.82) is 0 Å². The third-order valence-electron chi connectivity index (χ3n) is 3.30. The quantitative estimate of drug-likeness (QED) is 0.679. The van der Waals surface area contributed by atoms with Crippen LogP contribution in [0, 0.1) is 0 Å². The van der Waals surface area contributed by atoms with Gasteiger partial charge < -0.3 is 20.3 Å². The van der Waals surface area contributed by atoms with Crippen molar-refractivity contribution in [3.05, 3.63) is 41.1 Å². The molecule has 0 bridgehead atoms. The van der Waals surface area contributed by atoms with Crippen molar-refractivity contribution in [2.24, 2.45) is 0 Å². The number of fused-ring (bicyclic) bond motifs is 1. The maximum absolute atomic E-state index is 12.4. The molecule has 1 aromatic carbocycles. The number of Topliss-reactive ketones (excluding diaryl/α,β-unsaturated/α-hetero) is 1. The lowest BCUT2D eigenvalue weighted by molar-refractivity contribution is -0.145. The summed E-state index contributed by atoms with van der Waals surface area (Å²) in [5, 5.41) is 21.9. The van der Waals surface area contributed by atoms with Crippen molar-refractivity contribution in [3.8, 4) is 5.75 Å². The summed E-state index contributed by atoms with van der Waals surface area (Å²) in [5.74, 6) is -2.22. The SMILES string of the molecule is COC(=O)[C@@H](NC1=CC(=O)c2cccc(O)c2C1=O)C(C)O. The van der Waals surface area contributed by atoms with Gasteiger partial charge in [-0.3, -0.25) is 9.59 Å². The molecule has 1 unspecified atom stereocenters. The van der Waals surface area contributed by atoms with Crippen LogP contribution in [0.2, 0.25) is 0 Å². The fraction of sp³-hybridized carbons (Fsp3) is 0.267. The number of carbonyl (C=O) groups is 3. The monoisotopic (exact) mass is 305 g/mol. The summed E-state index contributed by atoms with van der Waals surface area (Å²) < 4.78 is 4.54. The predicted molar refractivity (Wildman–Crippen MR) is 75.5 cm³/mol. The van der Waals surface area contributed by atoms with Crippen LogP contribution in [0.5, 0.6) is 5.75 Å². The molecule has 7 heteroatoms. The number of hydrogen-bond acceptors (Lipinski definition) is 7. The lowest BCUT2D eigenvalue weighted by Gasteiger charge is -2.23. The number of aromatic hydroxyl groups is 1. The van der Waals surface area contributed by atoms with Crippen LogP contribution in [0.3, 0.4) is 0 Å². The van der Waals surface area contributed by atoms with E-state index in [-0.39, 0.29) is 22.6 Å². The minimum absolute atomic E-state index is 0.0854. The van der Waals surface area contributed by atoms with Gasteiger partial charge in [-0.05, 0) is 13.0 Å². The molecule has 0 aliphatic heterocycles. The minimum Gasteiger partial charge on any atom is -0.507 e. The molecule has 1 aliphatic carbocycles. The molecule has 0 heterocycles. The number of methoxy groups -OCH3 is 1. The second-order valence-corrected chi connectivity index (χ2v) is 4.84. The van der Waals surface area contributed by atoms with Gasteiger partial charge in [0.1, 0.15) is 5.75 Å². The average Bonchev–Trinajstić information content (AvgIpc) is 2.48. The van der Waals surface area contributed by atoms with Crippen LogP contribution in [-0.2, 0) is 9.53 Å². The molecule has 116 valence electrons. The number of carbonyl (C=O) groups excluding carboxylic acids is 3. The Hall–Kier alpha value is -2.67. The molecule has 1 aromatic rings. The van der Waals surface area contributed by atoms with E-state index in [9.17, 15) is 24.6 Å². The Labute approximate surface area is 126 Å². The fourth-order valence-corrected chi connectivity index (χ4v) is 2.17. The van der Waals surface area contributed by atoms with Gasteiger partial charge in [0.2, 0.25) is 5.78 Å². The fourth-order valence-electron chi connectivity index (χ4n) is 2.17. The molecule has 1 aliphatic rings. The van der Waals surface area contributed by atoms with Crippen molar-refractivity contribution in [2.75, 3.05) is 7.11 Å². The second-order valence-electron chi connectivity index (χ2n) is 4.84. The molecular weight excluding hydrogens is 290 g/mol. The highest BCUT2D eigenvalue weighted by Gasteiger charge is 2.32. The molecule has 2 rings (SSSR count). The third kappa shape index (κ3) is 2.71. The van der Waals surface area contributed by atoms with Gasteiger partial charge in [0.15, 0.2) is 11.8 Å². The van der Waals surface area contributed by atoms with E-state index in [1.807, 2.05) is 0 Å². The first kappa shape index (κ1) is 15.7. The number of benzene rings is 1. The van der Waals surface area contributed by atoms with E-state index in [2.05, 4.69) is 10.1 Å². The Kier molecular flexibility index (Phi) is 4.27. The maximum atomic E-state index is 12.4. The predicted octanol–water partition coefficient (Wildman–Crippen LogP) is 0.167. The number of hydrogen-bond donors (Lipinski definition) is 3. The van der Waals surface area contributed by atoms with Crippen LogP contribution in [0.1, 0.15) is 27.6 Å². The smallest absolute Gasteiger partial charge is 0.330 e. The first-order valence-corrected chi connectivity index (χ1v) is 6.52. The van der Waals surface area contributed by atoms with E-state index >= 15 is 0 Å². The lowest BCUT2D eigenvalue weighted by Crippen LogP contribution is -2.47. The normalized spacial score (nSPS) is 16.4. The lowest BCUT2D eigenvalue weighted by atomic mass is 9.91. The number of aliphatic hydroxyl groups excluding tert-OH is 1. The number of esters is 1. The summed E-state index contributed by atoms with van der Waals surface area (Å²) in [7, 11) is 1.14. The molecule has 0 saturated carbocycles. The molecular formula is C15H15NO6. The number of allylic oxidation sites excluding steroid dienone is 2. The number of aliphatic hydroxyl groups is 1. The van der Waals surface area contributed by atoms with Gasteiger partial charge in [-0.25, -0.2) is 4.79 Å². The van der Waals surface area contributed by atoms with E-state index in [1.165, 1.54) is 25.1 Å². The summed E-state index contributed by atoms with van der Waals surface area (Å²) in [6.07, 6.45) is -0.121. The number of rotatable bonds is 4. The zero-order valence-electron chi connectivity index (χ0n) is 12.0. The summed E-state index contributed by atoms with van der Waals surface area (Å²) in [6, 6.07) is 2.97. The molecule has 0 saturated heterocycles. The highest BCUT2D eigenvalue weighted by Crippen LogP contribution is 2.28. The van der Waals surface area contributed by atoms with Gasteiger partial charge in [-0.1, -0.05) is 12.1 Å². The van der Waals surface area contributed by atoms with Crippen LogP contribution in [0.4, 0.5) is 0 Å². The maximum Gasteiger partial charge on any atom is 0.330 e. The molecule has 3 N–H and O–H groups in total. The summed E-state index contributed by atoms with van der Waals surface area (Å²) >= 11 is 0. The van der Waals surface area contributed by atoms with Gasteiger partial charge in [-0.2, -0.15) is 0 Å². The number of ketones is 2. The summed E-state index contributed by atoms with van der Waals surface area (Å²) in [6.45, 7) is 1.34. The average molecular weight is 305 g/mol. The largest absolute Gasteiger partial charge is 0.507 e. The molecule has 0 spiro atoms. The Morgan fingerprint density at radius 2 is 2.00 bits per heavy atom. The molecule has 22 heavy (non-hydrogen) atoms. The highest BCUT2D eigenvalue weighted by atomic mass is 16.5. The van der Waals surface area contributed by atoms with Crippen molar-refractivity contribution >= 4 is 17.5 Å². The van der Waals surface area contributed by atoms with Crippen LogP contribution >= 0.6 is 0 Å². The van der Waals surface area contributed by atoms with Gasteiger partial charge >= 0.3 is 5.97 Å². The highest BCUT2D eigenvalue weighted by molar-refractivity contribution is 6.25. The summed E-state index contributed by atoms with van der Waals surface area (Å²) in [5.41, 5.74) is -0.232. The topological polar surface area (TPSA) is 113 Å². The minimum atomic E-state index is -1.21. The van der Waals surface area contributed by atoms with Crippen molar-refractivity contribution in [1.82, 2.24) is 5.32 Å². The Morgan fingerprint density at radius 3 is 2.59 bits per heavy atom. The van der Waals surface area contributed by atoms with Gasteiger partial charge in [0.25, 0.3) is 0 Å². The van der Waals surface area contributed by atoms with Crippen LogP contribution in [-0.4, -0.2) is 47.0 Å². The zero-order chi connectivity index (χ0) is 16.4. The third-order valence-corrected chi connectivity index (χ3v) is 3.30. The summed E-state index contributed by atoms with van der Waals surface area (Å²) in [4.78, 5) is 36.0. The van der Waals surface area contributed by atoms with Gasteiger partial charge in [-0.15, -0.1) is 0 Å². The molecule has 0 aromatic heterocycles. The van der Waals surface area contributed by atoms with E-state index in [0.29, 0.717) is 0 Å². The van der Waals surface area contributed by atoms with Crippen LogP contribution in [0.25, 0.3) is 0 Å². The number of phenols is 1. The zero-order valence-corrected chi connectivity index (χ0v) is 12.0. The van der Waals surface area contributed by atoms with E-state index in [4.69, 9.17) is 0 Å². The first-order chi connectivity index (χ1) is 10.4. The Morgan fingerprint density at radius 1 is 1.32 bits per heavy atom. The van der Waals surface area contributed by atoms with Crippen molar-refractivity contribution in [2.45, 2.75) is 19.1 Å². The standard InChI is InChI=1S/C15H15NO6/c1-7(17)13(15(21)22-2)16-9-6-11(19)8-4-3-5-10(18)12(8)14(9)20/h3-7,13,16-18H,1-2H3/t7?,13-/m0/s1. The first-order valence-electron chi connectivity index (χ1n) is 6.52. The van der Waals surface area contributed by atoms with E-state index in [1.54, 1.807) is 0 Å². The molecule has 7 nitrogen and oxygen atoms in total. The number of nitrogens with one attached hydrogen (secondary N) is 1. The van der Waals surface area contributed by atoms with Crippen molar-refractivity contribution < 1.29 is 29.3 Å². The number of phenolic OH excluding ortho intramolecular Hbond substituents is 1. The van der Waals surface area contributed by atoms with Crippen molar-refractivity contribution in [3.63, 3.8) is 0 Å². The second kappa shape index (κ2) is 5.98. The molecule has 0 radical (unpaired) electrons. The van der Waals surface area contributed by atoms with Crippen LogP contribution < -0.4 is 5.32 Å². The molecule has 0 amide bonds. The Balaban J connectivity index is 2.38. The molecule has 0 fully saturated rings. The number of ether oxygens (including phenoxy) is 1. The van der Waals surface area contributed by atoms with E-state index < -0.39 is 29.7 Å².